The van der Waals surface area contributed by atoms with Gasteiger partial charge in [-0.25, -0.2) is 0 Å². The SMILES string of the molecule is Cc1cc(C)cc(NCC(=O)N2CC(C)OC(C)C2)c1. The van der Waals surface area contributed by atoms with Crippen LogP contribution in [0.15, 0.2) is 18.2 Å². The molecule has 1 N–H and O–H groups in total. The third-order valence-electron chi connectivity index (χ3n) is 3.44. The molecule has 0 bridgehead atoms. The third kappa shape index (κ3) is 3.97. The molecule has 1 aliphatic heterocycles. The van der Waals surface area contributed by atoms with Gasteiger partial charge >= 0.3 is 0 Å². The van der Waals surface area contributed by atoms with Gasteiger partial charge in [0.2, 0.25) is 5.91 Å². The van der Waals surface area contributed by atoms with Gasteiger partial charge < -0.3 is 15.0 Å². The standard InChI is InChI=1S/C16H24N2O2/c1-11-5-12(2)7-15(6-11)17-8-16(19)18-9-13(3)20-14(4)10-18/h5-7,13-14,17H,8-10H2,1-4H3. The summed E-state index contributed by atoms with van der Waals surface area (Å²) in [6.07, 6.45) is 0.229. The molecule has 1 saturated heterocycles. The van der Waals surface area contributed by atoms with E-state index in [0.717, 1.165) is 5.69 Å². The average Bonchev–Trinajstić information content (AvgIpc) is 2.33. The van der Waals surface area contributed by atoms with E-state index in [9.17, 15) is 4.79 Å². The van der Waals surface area contributed by atoms with Crippen LogP contribution in [0.3, 0.4) is 0 Å². The van der Waals surface area contributed by atoms with Crippen molar-refractivity contribution in [2.75, 3.05) is 25.0 Å². The first-order chi connectivity index (χ1) is 9.44. The molecule has 2 rings (SSSR count). The largest absolute Gasteiger partial charge is 0.376 e. The summed E-state index contributed by atoms with van der Waals surface area (Å²) in [7, 11) is 0. The second kappa shape index (κ2) is 6.27. The molecule has 0 saturated carbocycles. The first kappa shape index (κ1) is 14.9. The van der Waals surface area contributed by atoms with Crippen LogP contribution in [0.5, 0.6) is 0 Å². The topological polar surface area (TPSA) is 41.6 Å². The molecule has 110 valence electrons. The number of anilines is 1. The molecule has 0 spiro atoms. The minimum atomic E-state index is 0.115. The Balaban J connectivity index is 1.91. The molecule has 4 nitrogen and oxygen atoms in total. The van der Waals surface area contributed by atoms with E-state index in [0.29, 0.717) is 19.6 Å². The minimum Gasteiger partial charge on any atom is -0.376 e. The summed E-state index contributed by atoms with van der Waals surface area (Å²) >= 11 is 0. The molecule has 1 heterocycles. The smallest absolute Gasteiger partial charge is 0.242 e. The van der Waals surface area contributed by atoms with Gasteiger partial charge in [0.15, 0.2) is 0 Å². The van der Waals surface area contributed by atoms with Gasteiger partial charge in [-0.1, -0.05) is 6.07 Å². The molecular formula is C16H24N2O2. The Kier molecular flexibility index (Phi) is 4.65. The van der Waals surface area contributed by atoms with Gasteiger partial charge in [-0.3, -0.25) is 4.79 Å². The number of ether oxygens (including phenoxy) is 1. The maximum atomic E-state index is 12.2. The van der Waals surface area contributed by atoms with Crippen molar-refractivity contribution in [3.8, 4) is 0 Å². The number of carbonyl (C=O) groups is 1. The Bertz CT molecular complexity index is 457. The van der Waals surface area contributed by atoms with Gasteiger partial charge in [-0.15, -0.1) is 0 Å². The summed E-state index contributed by atoms with van der Waals surface area (Å²) in [5, 5.41) is 3.22. The lowest BCUT2D eigenvalue weighted by Crippen LogP contribution is -2.49. The first-order valence-corrected chi connectivity index (χ1v) is 7.19. The molecule has 0 radical (unpaired) electrons. The molecule has 20 heavy (non-hydrogen) atoms. The van der Waals surface area contributed by atoms with Gasteiger partial charge in [-0.2, -0.15) is 0 Å². The highest BCUT2D eigenvalue weighted by Gasteiger charge is 2.25. The first-order valence-electron chi connectivity index (χ1n) is 7.19. The summed E-state index contributed by atoms with van der Waals surface area (Å²) in [6, 6.07) is 6.24. The molecule has 1 fully saturated rings. The number of morpholine rings is 1. The fourth-order valence-electron chi connectivity index (χ4n) is 2.75. The van der Waals surface area contributed by atoms with E-state index in [1.165, 1.54) is 11.1 Å². The van der Waals surface area contributed by atoms with Crippen LogP contribution in [0.4, 0.5) is 5.69 Å². The maximum absolute atomic E-state index is 12.2. The minimum absolute atomic E-state index is 0.115. The Morgan fingerprint density at radius 2 is 1.75 bits per heavy atom. The number of amides is 1. The number of benzene rings is 1. The van der Waals surface area contributed by atoms with E-state index in [2.05, 4.69) is 37.4 Å². The van der Waals surface area contributed by atoms with Crippen LogP contribution in [0.2, 0.25) is 0 Å². The van der Waals surface area contributed by atoms with Crippen molar-refractivity contribution in [1.29, 1.82) is 0 Å². The molecule has 4 heteroatoms. The zero-order valence-corrected chi connectivity index (χ0v) is 12.8. The van der Waals surface area contributed by atoms with Crippen molar-refractivity contribution in [2.24, 2.45) is 0 Å². The Hall–Kier alpha value is -1.55. The normalized spacial score (nSPS) is 22.7. The van der Waals surface area contributed by atoms with Gasteiger partial charge in [0, 0.05) is 18.8 Å². The van der Waals surface area contributed by atoms with E-state index in [1.54, 1.807) is 0 Å². The Morgan fingerprint density at radius 3 is 2.30 bits per heavy atom. The molecule has 1 amide bonds. The number of rotatable bonds is 3. The number of hydrogen-bond acceptors (Lipinski definition) is 3. The molecule has 1 aromatic rings. The lowest BCUT2D eigenvalue weighted by molar-refractivity contribution is -0.141. The summed E-state index contributed by atoms with van der Waals surface area (Å²) < 4.78 is 5.65. The molecule has 0 aliphatic carbocycles. The summed E-state index contributed by atoms with van der Waals surface area (Å²) in [6.45, 7) is 9.83. The van der Waals surface area contributed by atoms with Crippen molar-refractivity contribution >= 4 is 11.6 Å². The molecule has 1 aliphatic rings. The van der Waals surface area contributed by atoms with Gasteiger partial charge in [0.05, 0.1) is 18.8 Å². The number of nitrogens with one attached hydrogen (secondary N) is 1. The lowest BCUT2D eigenvalue weighted by atomic mass is 10.1. The van der Waals surface area contributed by atoms with E-state index < -0.39 is 0 Å². The highest BCUT2D eigenvalue weighted by atomic mass is 16.5. The number of aryl methyl sites for hydroxylation is 2. The molecule has 2 unspecified atom stereocenters. The number of carbonyl (C=O) groups excluding carboxylic acids is 1. The van der Waals surface area contributed by atoms with Crippen LogP contribution in [0, 0.1) is 13.8 Å². The summed E-state index contributed by atoms with van der Waals surface area (Å²) in [5.41, 5.74) is 3.41. The van der Waals surface area contributed by atoms with Crippen molar-refractivity contribution in [3.05, 3.63) is 29.3 Å². The molecule has 1 aromatic carbocycles. The molecule has 0 aromatic heterocycles. The van der Waals surface area contributed by atoms with Gasteiger partial charge in [0.1, 0.15) is 0 Å². The predicted molar refractivity (Wildman–Crippen MR) is 81.0 cm³/mol. The zero-order valence-electron chi connectivity index (χ0n) is 12.8. The van der Waals surface area contributed by atoms with Crippen LogP contribution in [-0.4, -0.2) is 42.6 Å². The molecule has 2 atom stereocenters. The highest BCUT2D eigenvalue weighted by Crippen LogP contribution is 2.14. The van der Waals surface area contributed by atoms with Crippen LogP contribution < -0.4 is 5.32 Å². The average molecular weight is 276 g/mol. The highest BCUT2D eigenvalue weighted by molar-refractivity contribution is 5.81. The van der Waals surface area contributed by atoms with Crippen LogP contribution in [0.1, 0.15) is 25.0 Å². The molecular weight excluding hydrogens is 252 g/mol. The second-order valence-corrected chi connectivity index (χ2v) is 5.79. The predicted octanol–water partition coefficient (Wildman–Crippen LogP) is 2.35. The van der Waals surface area contributed by atoms with Crippen molar-refractivity contribution in [3.63, 3.8) is 0 Å². The van der Waals surface area contributed by atoms with Crippen LogP contribution >= 0.6 is 0 Å². The quantitative estimate of drug-likeness (QED) is 0.921. The summed E-state index contributed by atoms with van der Waals surface area (Å²) in [5.74, 6) is 0.131. The van der Waals surface area contributed by atoms with Crippen LogP contribution in [-0.2, 0) is 9.53 Å². The van der Waals surface area contributed by atoms with Crippen molar-refractivity contribution in [1.82, 2.24) is 4.90 Å². The van der Waals surface area contributed by atoms with E-state index in [-0.39, 0.29) is 18.1 Å². The third-order valence-corrected chi connectivity index (χ3v) is 3.44. The fraction of sp³-hybridized carbons (Fsp3) is 0.562. The summed E-state index contributed by atoms with van der Waals surface area (Å²) in [4.78, 5) is 14.1. The van der Waals surface area contributed by atoms with Crippen molar-refractivity contribution in [2.45, 2.75) is 39.9 Å². The van der Waals surface area contributed by atoms with Gasteiger partial charge in [-0.05, 0) is 51.0 Å². The Morgan fingerprint density at radius 1 is 1.20 bits per heavy atom. The maximum Gasteiger partial charge on any atom is 0.242 e. The van der Waals surface area contributed by atoms with E-state index >= 15 is 0 Å². The number of nitrogens with zero attached hydrogens (tertiary/aromatic N) is 1. The monoisotopic (exact) mass is 276 g/mol. The lowest BCUT2D eigenvalue weighted by Gasteiger charge is -2.35. The fourth-order valence-corrected chi connectivity index (χ4v) is 2.75. The Labute approximate surface area is 121 Å². The van der Waals surface area contributed by atoms with Crippen LogP contribution in [0.25, 0.3) is 0 Å². The van der Waals surface area contributed by atoms with Crippen molar-refractivity contribution < 1.29 is 9.53 Å². The van der Waals surface area contributed by atoms with E-state index in [4.69, 9.17) is 4.74 Å². The number of hydrogen-bond donors (Lipinski definition) is 1. The van der Waals surface area contributed by atoms with Gasteiger partial charge in [0.25, 0.3) is 0 Å². The second-order valence-electron chi connectivity index (χ2n) is 5.79. The zero-order chi connectivity index (χ0) is 14.7. The van der Waals surface area contributed by atoms with E-state index in [1.807, 2.05) is 18.7 Å².